The molecule has 1 aliphatic heterocycles. The summed E-state index contributed by atoms with van der Waals surface area (Å²) in [5.74, 6) is 1.69. The maximum Gasteiger partial charge on any atom is 0.231 e. The Morgan fingerprint density at radius 2 is 2.10 bits per heavy atom. The lowest BCUT2D eigenvalue weighted by Crippen LogP contribution is -2.16. The van der Waals surface area contributed by atoms with Gasteiger partial charge in [0, 0.05) is 6.04 Å². The summed E-state index contributed by atoms with van der Waals surface area (Å²) in [5.41, 5.74) is 2.30. The van der Waals surface area contributed by atoms with E-state index in [1.165, 1.54) is 5.56 Å². The topological polar surface area (TPSA) is 43.4 Å². The lowest BCUT2D eigenvalue weighted by molar-refractivity contribution is 0.174. The number of benzene rings is 1. The first-order valence-corrected chi connectivity index (χ1v) is 7.76. The number of ether oxygens (including phenoxy) is 2. The van der Waals surface area contributed by atoms with E-state index in [4.69, 9.17) is 9.47 Å². The second-order valence-corrected chi connectivity index (χ2v) is 5.95. The number of aryl methyl sites for hydroxylation is 1. The first-order valence-electron chi connectivity index (χ1n) is 6.97. The van der Waals surface area contributed by atoms with Crippen molar-refractivity contribution in [2.24, 2.45) is 0 Å². The third kappa shape index (κ3) is 3.67. The Labute approximate surface area is 132 Å². The molecule has 1 aromatic carbocycles. The Morgan fingerprint density at radius 3 is 2.90 bits per heavy atom. The second kappa shape index (κ2) is 6.35. The number of rotatable bonds is 5. The Kier molecular flexibility index (Phi) is 4.29. The summed E-state index contributed by atoms with van der Waals surface area (Å²) in [4.78, 5) is 4.21. The molecule has 21 heavy (non-hydrogen) atoms. The molecule has 5 heteroatoms. The van der Waals surface area contributed by atoms with Crippen molar-refractivity contribution in [2.75, 3.05) is 12.1 Å². The molecule has 0 saturated carbocycles. The van der Waals surface area contributed by atoms with Gasteiger partial charge in [-0.25, -0.2) is 4.98 Å². The Morgan fingerprint density at radius 1 is 1.24 bits per heavy atom. The molecular formula is C16H17BrN2O2. The van der Waals surface area contributed by atoms with Crippen LogP contribution in [0.3, 0.4) is 0 Å². The van der Waals surface area contributed by atoms with Crippen molar-refractivity contribution in [3.63, 3.8) is 0 Å². The van der Waals surface area contributed by atoms with Gasteiger partial charge >= 0.3 is 0 Å². The Balaban J connectivity index is 1.53. The van der Waals surface area contributed by atoms with Crippen LogP contribution in [0, 0.1) is 0 Å². The van der Waals surface area contributed by atoms with Crippen molar-refractivity contribution >= 4 is 21.6 Å². The highest BCUT2D eigenvalue weighted by Crippen LogP contribution is 2.32. The van der Waals surface area contributed by atoms with Gasteiger partial charge in [-0.05, 0) is 65.5 Å². The van der Waals surface area contributed by atoms with Crippen LogP contribution in [0.2, 0.25) is 0 Å². The van der Waals surface area contributed by atoms with Gasteiger partial charge in [0.05, 0.1) is 11.9 Å². The molecule has 1 atom stereocenters. The summed E-state index contributed by atoms with van der Waals surface area (Å²) < 4.78 is 11.6. The molecule has 0 amide bonds. The van der Waals surface area contributed by atoms with Crippen molar-refractivity contribution in [3.8, 4) is 11.5 Å². The van der Waals surface area contributed by atoms with Gasteiger partial charge < -0.3 is 14.8 Å². The molecule has 0 spiro atoms. The SMILES string of the molecule is CC(CCc1ccc2c(c1)OCO2)Nc1ccc(Br)nc1. The lowest BCUT2D eigenvalue weighted by Gasteiger charge is -2.15. The highest BCUT2D eigenvalue weighted by molar-refractivity contribution is 9.10. The van der Waals surface area contributed by atoms with Crippen molar-refractivity contribution in [1.29, 1.82) is 0 Å². The molecule has 3 rings (SSSR count). The number of anilines is 1. The summed E-state index contributed by atoms with van der Waals surface area (Å²) >= 11 is 3.34. The summed E-state index contributed by atoms with van der Waals surface area (Å²) in [7, 11) is 0. The normalized spacial score (nSPS) is 14.0. The number of halogens is 1. The maximum absolute atomic E-state index is 5.40. The Hall–Kier alpha value is -1.75. The molecule has 0 fully saturated rings. The van der Waals surface area contributed by atoms with Gasteiger partial charge in [0.15, 0.2) is 11.5 Å². The number of aromatic nitrogens is 1. The van der Waals surface area contributed by atoms with Gasteiger partial charge in [0.2, 0.25) is 6.79 Å². The van der Waals surface area contributed by atoms with Crippen LogP contribution in [0.25, 0.3) is 0 Å². The molecule has 0 bridgehead atoms. The quantitative estimate of drug-likeness (QED) is 0.829. The van der Waals surface area contributed by atoms with Crippen molar-refractivity contribution in [3.05, 3.63) is 46.7 Å². The van der Waals surface area contributed by atoms with Gasteiger partial charge in [-0.1, -0.05) is 6.07 Å². The zero-order chi connectivity index (χ0) is 14.7. The minimum Gasteiger partial charge on any atom is -0.454 e. The van der Waals surface area contributed by atoms with Crippen LogP contribution >= 0.6 is 15.9 Å². The summed E-state index contributed by atoms with van der Waals surface area (Å²) in [6.45, 7) is 2.50. The maximum atomic E-state index is 5.40. The van der Waals surface area contributed by atoms with Crippen LogP contribution in [0.15, 0.2) is 41.1 Å². The van der Waals surface area contributed by atoms with Crippen molar-refractivity contribution in [2.45, 2.75) is 25.8 Å². The predicted octanol–water partition coefficient (Wildman–Crippen LogP) is 4.01. The molecule has 0 saturated heterocycles. The van der Waals surface area contributed by atoms with E-state index in [1.807, 2.05) is 24.4 Å². The van der Waals surface area contributed by atoms with Crippen LogP contribution in [0.5, 0.6) is 11.5 Å². The number of nitrogens with zero attached hydrogens (tertiary/aromatic N) is 1. The van der Waals surface area contributed by atoms with E-state index < -0.39 is 0 Å². The first kappa shape index (κ1) is 14.2. The van der Waals surface area contributed by atoms with Gasteiger partial charge in [-0.2, -0.15) is 0 Å². The first-order chi connectivity index (χ1) is 10.2. The summed E-state index contributed by atoms with van der Waals surface area (Å²) in [5, 5.41) is 3.45. The number of nitrogens with one attached hydrogen (secondary N) is 1. The Bertz CT molecular complexity index is 616. The molecule has 2 aromatic rings. The van der Waals surface area contributed by atoms with E-state index in [1.54, 1.807) is 0 Å². The molecule has 4 nitrogen and oxygen atoms in total. The molecule has 1 unspecified atom stereocenters. The van der Waals surface area contributed by atoms with Crippen LogP contribution in [-0.2, 0) is 6.42 Å². The molecule has 1 N–H and O–H groups in total. The molecule has 110 valence electrons. The lowest BCUT2D eigenvalue weighted by atomic mass is 10.1. The molecule has 1 aromatic heterocycles. The van der Waals surface area contributed by atoms with Gasteiger partial charge in [0.25, 0.3) is 0 Å². The van der Waals surface area contributed by atoms with Crippen molar-refractivity contribution in [1.82, 2.24) is 4.98 Å². The van der Waals surface area contributed by atoms with E-state index in [0.29, 0.717) is 12.8 Å². The van der Waals surface area contributed by atoms with Crippen LogP contribution in [0.1, 0.15) is 18.9 Å². The molecule has 2 heterocycles. The van der Waals surface area contributed by atoms with Crippen LogP contribution in [0.4, 0.5) is 5.69 Å². The minimum absolute atomic E-state index is 0.327. The fourth-order valence-electron chi connectivity index (χ4n) is 2.30. The van der Waals surface area contributed by atoms with Crippen molar-refractivity contribution < 1.29 is 9.47 Å². The average molecular weight is 349 g/mol. The molecule has 0 aliphatic carbocycles. The zero-order valence-electron chi connectivity index (χ0n) is 11.8. The van der Waals surface area contributed by atoms with E-state index in [9.17, 15) is 0 Å². The van der Waals surface area contributed by atoms with Gasteiger partial charge in [-0.3, -0.25) is 0 Å². The number of fused-ring (bicyclic) bond motifs is 1. The zero-order valence-corrected chi connectivity index (χ0v) is 13.4. The third-order valence-corrected chi connectivity index (χ3v) is 3.91. The predicted molar refractivity (Wildman–Crippen MR) is 85.9 cm³/mol. The van der Waals surface area contributed by atoms with Crippen LogP contribution in [-0.4, -0.2) is 17.8 Å². The van der Waals surface area contributed by atoms with E-state index in [0.717, 1.165) is 34.6 Å². The number of hydrogen-bond acceptors (Lipinski definition) is 4. The smallest absolute Gasteiger partial charge is 0.231 e. The third-order valence-electron chi connectivity index (χ3n) is 3.44. The van der Waals surface area contributed by atoms with Gasteiger partial charge in [0.1, 0.15) is 4.60 Å². The van der Waals surface area contributed by atoms with E-state index in [-0.39, 0.29) is 0 Å². The fourth-order valence-corrected chi connectivity index (χ4v) is 2.53. The second-order valence-electron chi connectivity index (χ2n) is 5.14. The van der Waals surface area contributed by atoms with Crippen LogP contribution < -0.4 is 14.8 Å². The average Bonchev–Trinajstić information content (AvgIpc) is 2.95. The standard InChI is InChI=1S/C16H17BrN2O2/c1-11(19-13-5-7-16(17)18-9-13)2-3-12-4-6-14-15(8-12)21-10-20-14/h4-9,11,19H,2-3,10H2,1H3. The minimum atomic E-state index is 0.327. The van der Waals surface area contributed by atoms with E-state index in [2.05, 4.69) is 45.3 Å². The monoisotopic (exact) mass is 348 g/mol. The highest BCUT2D eigenvalue weighted by Gasteiger charge is 2.13. The molecule has 1 aliphatic rings. The fraction of sp³-hybridized carbons (Fsp3) is 0.312. The molecule has 0 radical (unpaired) electrons. The molecular weight excluding hydrogens is 332 g/mol. The van der Waals surface area contributed by atoms with Gasteiger partial charge in [-0.15, -0.1) is 0 Å². The van der Waals surface area contributed by atoms with E-state index >= 15 is 0 Å². The number of hydrogen-bond donors (Lipinski definition) is 1. The largest absolute Gasteiger partial charge is 0.454 e. The summed E-state index contributed by atoms with van der Waals surface area (Å²) in [6.07, 6.45) is 3.87. The summed E-state index contributed by atoms with van der Waals surface area (Å²) in [6, 6.07) is 10.5. The highest BCUT2D eigenvalue weighted by atomic mass is 79.9. The number of pyridine rings is 1.